The van der Waals surface area contributed by atoms with E-state index < -0.39 is 28.0 Å². The van der Waals surface area contributed by atoms with Crippen molar-refractivity contribution in [2.75, 3.05) is 20.2 Å². The van der Waals surface area contributed by atoms with Crippen molar-refractivity contribution in [1.29, 1.82) is 0 Å². The van der Waals surface area contributed by atoms with Gasteiger partial charge in [0, 0.05) is 13.1 Å². The summed E-state index contributed by atoms with van der Waals surface area (Å²) in [7, 11) is -2.37. The Bertz CT molecular complexity index is 774. The number of esters is 1. The number of aryl methyl sites for hydroxylation is 1. The van der Waals surface area contributed by atoms with Crippen molar-refractivity contribution < 1.29 is 22.7 Å². The topological polar surface area (TPSA) is 92.8 Å². The van der Waals surface area contributed by atoms with Gasteiger partial charge in [0.05, 0.1) is 17.9 Å². The quantitative estimate of drug-likeness (QED) is 0.739. The van der Waals surface area contributed by atoms with E-state index in [1.807, 2.05) is 20.8 Å². The number of ether oxygens (including phenoxy) is 1. The molecule has 27 heavy (non-hydrogen) atoms. The SMILES string of the molecule is COC(=O)[C@H](NC(=O)[C@@H]1CCCN(S(=O)(=O)c2ccc(C)cc2)C1)C(C)C. The van der Waals surface area contributed by atoms with Crippen LogP contribution in [-0.2, 0) is 24.3 Å². The van der Waals surface area contributed by atoms with E-state index in [1.54, 1.807) is 24.3 Å². The van der Waals surface area contributed by atoms with Crippen LogP contribution in [0.15, 0.2) is 29.2 Å². The molecule has 1 aliphatic rings. The Morgan fingerprint density at radius 2 is 1.85 bits per heavy atom. The number of nitrogens with one attached hydrogen (secondary N) is 1. The molecule has 1 saturated heterocycles. The monoisotopic (exact) mass is 396 g/mol. The average Bonchev–Trinajstić information content (AvgIpc) is 2.65. The molecule has 2 rings (SSSR count). The van der Waals surface area contributed by atoms with E-state index in [2.05, 4.69) is 5.32 Å². The lowest BCUT2D eigenvalue weighted by molar-refractivity contribution is -0.147. The van der Waals surface area contributed by atoms with E-state index >= 15 is 0 Å². The van der Waals surface area contributed by atoms with Gasteiger partial charge in [-0.2, -0.15) is 4.31 Å². The molecule has 0 unspecified atom stereocenters. The second-order valence-electron chi connectivity index (χ2n) is 7.27. The van der Waals surface area contributed by atoms with Crippen molar-refractivity contribution in [3.63, 3.8) is 0 Å². The molecule has 2 atom stereocenters. The summed E-state index contributed by atoms with van der Waals surface area (Å²) in [6.45, 7) is 6.01. The highest BCUT2D eigenvalue weighted by Crippen LogP contribution is 2.24. The summed E-state index contributed by atoms with van der Waals surface area (Å²) in [5.74, 6) is -1.44. The van der Waals surface area contributed by atoms with Crippen molar-refractivity contribution in [2.45, 2.75) is 44.6 Å². The molecule has 0 aliphatic carbocycles. The molecule has 0 saturated carbocycles. The maximum Gasteiger partial charge on any atom is 0.328 e. The van der Waals surface area contributed by atoms with Crippen LogP contribution in [-0.4, -0.2) is 50.8 Å². The second-order valence-corrected chi connectivity index (χ2v) is 9.21. The largest absolute Gasteiger partial charge is 0.467 e. The summed E-state index contributed by atoms with van der Waals surface area (Å²) < 4.78 is 31.8. The number of rotatable bonds is 6. The normalized spacial score (nSPS) is 19.5. The first-order valence-electron chi connectivity index (χ1n) is 9.12. The first-order valence-corrected chi connectivity index (χ1v) is 10.6. The predicted molar refractivity (Wildman–Crippen MR) is 101 cm³/mol. The lowest BCUT2D eigenvalue weighted by Crippen LogP contribution is -2.51. The minimum atomic E-state index is -3.65. The third-order valence-corrected chi connectivity index (χ3v) is 6.71. The summed E-state index contributed by atoms with van der Waals surface area (Å²) >= 11 is 0. The molecule has 1 amide bonds. The third kappa shape index (κ3) is 5.07. The zero-order valence-corrected chi connectivity index (χ0v) is 17.1. The molecule has 0 spiro atoms. The van der Waals surface area contributed by atoms with Gasteiger partial charge in [-0.3, -0.25) is 4.79 Å². The van der Waals surface area contributed by atoms with Crippen LogP contribution < -0.4 is 5.32 Å². The number of benzene rings is 1. The Hall–Kier alpha value is -1.93. The van der Waals surface area contributed by atoms with Crippen LogP contribution in [0.4, 0.5) is 0 Å². The summed E-state index contributed by atoms with van der Waals surface area (Å²) in [6, 6.07) is 5.93. The van der Waals surface area contributed by atoms with E-state index in [0.29, 0.717) is 19.4 Å². The highest BCUT2D eigenvalue weighted by molar-refractivity contribution is 7.89. The smallest absolute Gasteiger partial charge is 0.328 e. The number of carbonyl (C=O) groups is 2. The lowest BCUT2D eigenvalue weighted by atomic mass is 9.97. The molecule has 7 nitrogen and oxygen atoms in total. The van der Waals surface area contributed by atoms with E-state index in [9.17, 15) is 18.0 Å². The summed E-state index contributed by atoms with van der Waals surface area (Å²) in [6.07, 6.45) is 1.17. The molecule has 8 heteroatoms. The highest BCUT2D eigenvalue weighted by atomic mass is 32.2. The maximum atomic E-state index is 12.9. The second kappa shape index (κ2) is 8.84. The Balaban J connectivity index is 2.11. The van der Waals surface area contributed by atoms with Gasteiger partial charge in [0.2, 0.25) is 15.9 Å². The van der Waals surface area contributed by atoms with Crippen LogP contribution in [0, 0.1) is 18.8 Å². The number of hydrogen-bond acceptors (Lipinski definition) is 5. The summed E-state index contributed by atoms with van der Waals surface area (Å²) in [5.41, 5.74) is 0.979. The van der Waals surface area contributed by atoms with Gasteiger partial charge in [-0.25, -0.2) is 13.2 Å². The summed E-state index contributed by atoms with van der Waals surface area (Å²) in [5, 5.41) is 2.72. The van der Waals surface area contributed by atoms with Crippen LogP contribution in [0.1, 0.15) is 32.3 Å². The molecule has 1 fully saturated rings. The molecule has 150 valence electrons. The van der Waals surface area contributed by atoms with Crippen LogP contribution in [0.2, 0.25) is 0 Å². The van der Waals surface area contributed by atoms with E-state index in [0.717, 1.165) is 5.56 Å². The Labute approximate surface area is 161 Å². The third-order valence-electron chi connectivity index (χ3n) is 4.83. The van der Waals surface area contributed by atoms with Crippen LogP contribution in [0.3, 0.4) is 0 Å². The Morgan fingerprint density at radius 3 is 2.41 bits per heavy atom. The van der Waals surface area contributed by atoms with Crippen LogP contribution >= 0.6 is 0 Å². The average molecular weight is 397 g/mol. The van der Waals surface area contributed by atoms with Crippen molar-refractivity contribution >= 4 is 21.9 Å². The van der Waals surface area contributed by atoms with Gasteiger partial charge in [0.1, 0.15) is 6.04 Å². The van der Waals surface area contributed by atoms with E-state index in [1.165, 1.54) is 11.4 Å². The number of piperidine rings is 1. The lowest BCUT2D eigenvalue weighted by Gasteiger charge is -2.32. The van der Waals surface area contributed by atoms with Gasteiger partial charge >= 0.3 is 5.97 Å². The standard InChI is InChI=1S/C19H28N2O5S/c1-13(2)17(19(23)26-4)20-18(22)15-6-5-11-21(12-15)27(24,25)16-9-7-14(3)8-10-16/h7-10,13,15,17H,5-6,11-12H2,1-4H3,(H,20,22)/t15-,17-/m1/s1. The summed E-state index contributed by atoms with van der Waals surface area (Å²) in [4.78, 5) is 24.7. The van der Waals surface area contributed by atoms with Gasteiger partial charge in [0.15, 0.2) is 0 Å². The fraction of sp³-hybridized carbons (Fsp3) is 0.579. The van der Waals surface area contributed by atoms with Crippen LogP contribution in [0.5, 0.6) is 0 Å². The van der Waals surface area contributed by atoms with Crippen molar-refractivity contribution in [3.05, 3.63) is 29.8 Å². The molecule has 1 aromatic rings. The fourth-order valence-corrected chi connectivity index (χ4v) is 4.65. The van der Waals surface area contributed by atoms with Gasteiger partial charge in [-0.15, -0.1) is 0 Å². The Morgan fingerprint density at radius 1 is 1.22 bits per heavy atom. The van der Waals surface area contributed by atoms with Gasteiger partial charge in [0.25, 0.3) is 0 Å². The first kappa shape index (κ1) is 21.4. The molecule has 0 aromatic heterocycles. The zero-order chi connectivity index (χ0) is 20.2. The van der Waals surface area contributed by atoms with Gasteiger partial charge < -0.3 is 10.1 Å². The molecule has 1 aromatic carbocycles. The zero-order valence-electron chi connectivity index (χ0n) is 16.3. The molecule has 1 N–H and O–H groups in total. The number of methoxy groups -OCH3 is 1. The van der Waals surface area contributed by atoms with Crippen molar-refractivity contribution in [3.8, 4) is 0 Å². The van der Waals surface area contributed by atoms with Crippen LogP contribution in [0.25, 0.3) is 0 Å². The van der Waals surface area contributed by atoms with E-state index in [4.69, 9.17) is 4.74 Å². The number of nitrogens with zero attached hydrogens (tertiary/aromatic N) is 1. The minimum absolute atomic E-state index is 0.105. The molecule has 0 bridgehead atoms. The molecular weight excluding hydrogens is 368 g/mol. The first-order chi connectivity index (χ1) is 12.7. The van der Waals surface area contributed by atoms with Gasteiger partial charge in [-0.05, 0) is 37.8 Å². The molecule has 1 heterocycles. The molecule has 0 radical (unpaired) electrons. The molecule has 1 aliphatic heterocycles. The highest BCUT2D eigenvalue weighted by Gasteiger charge is 2.35. The predicted octanol–water partition coefficient (Wildman–Crippen LogP) is 1.71. The van der Waals surface area contributed by atoms with E-state index in [-0.39, 0.29) is 23.3 Å². The van der Waals surface area contributed by atoms with Gasteiger partial charge in [-0.1, -0.05) is 31.5 Å². The maximum absolute atomic E-state index is 12.9. The number of amides is 1. The Kier molecular flexibility index (Phi) is 7.00. The number of sulfonamides is 1. The van der Waals surface area contributed by atoms with Crippen molar-refractivity contribution in [1.82, 2.24) is 9.62 Å². The number of carbonyl (C=O) groups excluding carboxylic acids is 2. The molecular formula is C19H28N2O5S. The number of hydrogen-bond donors (Lipinski definition) is 1. The fourth-order valence-electron chi connectivity index (χ4n) is 3.13. The minimum Gasteiger partial charge on any atom is -0.467 e. The van der Waals surface area contributed by atoms with Crippen molar-refractivity contribution in [2.24, 2.45) is 11.8 Å².